The monoisotopic (exact) mass is 372 g/mol. The molecule has 0 aliphatic heterocycles. The van der Waals surface area contributed by atoms with Gasteiger partial charge in [0.2, 0.25) is 10.0 Å². The Morgan fingerprint density at radius 3 is 2.38 bits per heavy atom. The second kappa shape index (κ2) is 7.60. The zero-order valence-electron chi connectivity index (χ0n) is 14.9. The summed E-state index contributed by atoms with van der Waals surface area (Å²) < 4.78 is 26.1. The van der Waals surface area contributed by atoms with Gasteiger partial charge in [-0.3, -0.25) is 4.79 Å². The van der Waals surface area contributed by atoms with Gasteiger partial charge in [-0.25, -0.2) is 13.1 Å². The molecule has 1 fully saturated rings. The molecular formula is C20H24N2O3S. The molecule has 1 amide bonds. The molecule has 5 nitrogen and oxygen atoms in total. The normalized spacial score (nSPS) is 16.3. The van der Waals surface area contributed by atoms with Gasteiger partial charge in [-0.15, -0.1) is 0 Å². The summed E-state index contributed by atoms with van der Waals surface area (Å²) in [5.74, 6) is -0.250. The van der Waals surface area contributed by atoms with E-state index in [0.29, 0.717) is 12.1 Å². The summed E-state index contributed by atoms with van der Waals surface area (Å²) in [5.41, 5.74) is 1.57. The van der Waals surface area contributed by atoms with Crippen molar-refractivity contribution in [1.82, 2.24) is 10.0 Å². The van der Waals surface area contributed by atoms with Crippen molar-refractivity contribution in [2.24, 2.45) is 0 Å². The zero-order chi connectivity index (χ0) is 18.6. The lowest BCUT2D eigenvalue weighted by molar-refractivity contribution is 0.0943. The van der Waals surface area contributed by atoms with Gasteiger partial charge in [0.25, 0.3) is 5.91 Å². The maximum absolute atomic E-state index is 12.6. The van der Waals surface area contributed by atoms with Crippen LogP contribution in [0.3, 0.4) is 0 Å². The van der Waals surface area contributed by atoms with Gasteiger partial charge in [-0.2, -0.15) is 0 Å². The molecule has 138 valence electrons. The van der Waals surface area contributed by atoms with Gasteiger partial charge in [0.1, 0.15) is 0 Å². The van der Waals surface area contributed by atoms with Crippen LogP contribution in [0.4, 0.5) is 0 Å². The van der Waals surface area contributed by atoms with Gasteiger partial charge in [-0.1, -0.05) is 49.2 Å². The highest BCUT2D eigenvalue weighted by molar-refractivity contribution is 7.89. The minimum atomic E-state index is -3.57. The Balaban J connectivity index is 1.77. The molecule has 1 aliphatic rings. The number of carbonyl (C=O) groups is 1. The average molecular weight is 372 g/mol. The third-order valence-corrected chi connectivity index (χ3v) is 6.62. The summed E-state index contributed by atoms with van der Waals surface area (Å²) in [6.45, 7) is 0.554. The lowest BCUT2D eigenvalue weighted by atomic mass is 9.79. The van der Waals surface area contributed by atoms with E-state index >= 15 is 0 Å². The van der Waals surface area contributed by atoms with Crippen LogP contribution in [-0.4, -0.2) is 27.9 Å². The lowest BCUT2D eigenvalue weighted by Gasteiger charge is -2.30. The Hall–Kier alpha value is -2.18. The predicted molar refractivity (Wildman–Crippen MR) is 102 cm³/mol. The molecule has 2 N–H and O–H groups in total. The molecule has 0 saturated heterocycles. The van der Waals surface area contributed by atoms with Gasteiger partial charge in [0, 0.05) is 17.5 Å². The van der Waals surface area contributed by atoms with Crippen LogP contribution in [0.25, 0.3) is 0 Å². The molecule has 26 heavy (non-hydrogen) atoms. The van der Waals surface area contributed by atoms with Crippen molar-refractivity contribution in [1.29, 1.82) is 0 Å². The van der Waals surface area contributed by atoms with E-state index in [1.807, 2.05) is 18.2 Å². The molecule has 0 unspecified atom stereocenters. The molecule has 2 aromatic rings. The van der Waals surface area contributed by atoms with Crippen LogP contribution >= 0.6 is 0 Å². The van der Waals surface area contributed by atoms with E-state index < -0.39 is 10.0 Å². The van der Waals surface area contributed by atoms with Crippen LogP contribution in [0.1, 0.15) is 41.6 Å². The Kier molecular flexibility index (Phi) is 5.44. The second-order valence-corrected chi connectivity index (χ2v) is 8.66. The summed E-state index contributed by atoms with van der Waals surface area (Å²) in [6, 6.07) is 16.4. The van der Waals surface area contributed by atoms with Crippen LogP contribution in [-0.2, 0) is 15.4 Å². The smallest absolute Gasteiger partial charge is 0.251 e. The van der Waals surface area contributed by atoms with E-state index in [-0.39, 0.29) is 16.2 Å². The first kappa shape index (κ1) is 18.6. The Bertz CT molecular complexity index is 873. The summed E-state index contributed by atoms with van der Waals surface area (Å²) in [4.78, 5) is 12.7. The van der Waals surface area contributed by atoms with Crippen molar-refractivity contribution < 1.29 is 13.2 Å². The highest BCUT2D eigenvalue weighted by atomic mass is 32.2. The molecule has 3 rings (SSSR count). The van der Waals surface area contributed by atoms with Gasteiger partial charge in [0.15, 0.2) is 0 Å². The van der Waals surface area contributed by atoms with Crippen molar-refractivity contribution in [3.63, 3.8) is 0 Å². The van der Waals surface area contributed by atoms with E-state index in [1.165, 1.54) is 24.7 Å². The maximum Gasteiger partial charge on any atom is 0.251 e. The number of nitrogens with one attached hydrogen (secondary N) is 2. The number of hydrogen-bond donors (Lipinski definition) is 2. The fraction of sp³-hybridized carbons (Fsp3) is 0.350. The molecule has 0 radical (unpaired) electrons. The van der Waals surface area contributed by atoms with E-state index in [1.54, 1.807) is 12.1 Å². The third-order valence-electron chi connectivity index (χ3n) is 5.21. The van der Waals surface area contributed by atoms with E-state index in [9.17, 15) is 13.2 Å². The highest BCUT2D eigenvalue weighted by Crippen LogP contribution is 2.40. The van der Waals surface area contributed by atoms with Crippen LogP contribution in [0.5, 0.6) is 0 Å². The molecule has 0 spiro atoms. The molecule has 0 heterocycles. The van der Waals surface area contributed by atoms with Crippen molar-refractivity contribution in [2.45, 2.75) is 36.0 Å². The van der Waals surface area contributed by atoms with Gasteiger partial charge >= 0.3 is 0 Å². The number of carbonyl (C=O) groups excluding carboxylic acids is 1. The topological polar surface area (TPSA) is 75.3 Å². The van der Waals surface area contributed by atoms with Crippen LogP contribution in [0, 0.1) is 0 Å². The summed E-state index contributed by atoms with van der Waals surface area (Å²) >= 11 is 0. The number of benzene rings is 2. The van der Waals surface area contributed by atoms with Gasteiger partial charge < -0.3 is 5.32 Å². The van der Waals surface area contributed by atoms with Gasteiger partial charge in [-0.05, 0) is 43.7 Å². The summed E-state index contributed by atoms with van der Waals surface area (Å²) in [6.07, 6.45) is 4.40. The van der Waals surface area contributed by atoms with Crippen molar-refractivity contribution in [3.05, 3.63) is 65.7 Å². The van der Waals surface area contributed by atoms with Crippen molar-refractivity contribution in [2.75, 3.05) is 13.6 Å². The summed E-state index contributed by atoms with van der Waals surface area (Å²) in [7, 11) is -2.22. The number of amides is 1. The number of sulfonamides is 1. The first-order valence-electron chi connectivity index (χ1n) is 8.84. The van der Waals surface area contributed by atoms with Gasteiger partial charge in [0.05, 0.1) is 4.90 Å². The van der Waals surface area contributed by atoms with Crippen molar-refractivity contribution >= 4 is 15.9 Å². The third kappa shape index (κ3) is 3.81. The zero-order valence-corrected chi connectivity index (χ0v) is 15.7. The Morgan fingerprint density at radius 2 is 1.73 bits per heavy atom. The van der Waals surface area contributed by atoms with Crippen molar-refractivity contribution in [3.8, 4) is 0 Å². The minimum absolute atomic E-state index is 0.0361. The van der Waals surface area contributed by atoms with E-state index in [2.05, 4.69) is 22.2 Å². The highest BCUT2D eigenvalue weighted by Gasteiger charge is 2.35. The first-order valence-corrected chi connectivity index (χ1v) is 10.3. The fourth-order valence-corrected chi connectivity index (χ4v) is 4.46. The quantitative estimate of drug-likeness (QED) is 0.819. The minimum Gasteiger partial charge on any atom is -0.351 e. The molecule has 0 bridgehead atoms. The van der Waals surface area contributed by atoms with Crippen LogP contribution < -0.4 is 10.0 Å². The maximum atomic E-state index is 12.6. The van der Waals surface area contributed by atoms with Crippen LogP contribution in [0.2, 0.25) is 0 Å². The molecule has 2 aromatic carbocycles. The SMILES string of the molecule is CNS(=O)(=O)c1cccc(C(=O)NCC2(c3ccccc3)CCCC2)c1. The standard InChI is InChI=1S/C20H24N2O3S/c1-21-26(24,25)18-11-7-8-16(14-18)19(23)22-15-20(12-5-6-13-20)17-9-3-2-4-10-17/h2-4,7-11,14,21H,5-6,12-13,15H2,1H3,(H,22,23). The Labute approximate surface area is 154 Å². The predicted octanol–water partition coefficient (Wildman–Crippen LogP) is 2.84. The first-order chi connectivity index (χ1) is 12.5. The molecular weight excluding hydrogens is 348 g/mol. The summed E-state index contributed by atoms with van der Waals surface area (Å²) in [5, 5.41) is 3.02. The number of rotatable bonds is 6. The molecule has 0 aromatic heterocycles. The Morgan fingerprint density at radius 1 is 1.04 bits per heavy atom. The number of hydrogen-bond acceptors (Lipinski definition) is 3. The van der Waals surface area contributed by atoms with Crippen LogP contribution in [0.15, 0.2) is 59.5 Å². The molecule has 0 atom stereocenters. The van der Waals surface area contributed by atoms with E-state index in [0.717, 1.165) is 25.7 Å². The largest absolute Gasteiger partial charge is 0.351 e. The fourth-order valence-electron chi connectivity index (χ4n) is 3.68. The van der Waals surface area contributed by atoms with E-state index in [4.69, 9.17) is 0 Å². The lowest BCUT2D eigenvalue weighted by Crippen LogP contribution is -2.39. The average Bonchev–Trinajstić information content (AvgIpc) is 3.17. The molecule has 1 aliphatic carbocycles. The molecule has 1 saturated carbocycles. The second-order valence-electron chi connectivity index (χ2n) is 6.77. The molecule has 6 heteroatoms.